The molecule has 8 nitrogen and oxygen atoms in total. The van der Waals surface area contributed by atoms with E-state index in [1.54, 1.807) is 30.9 Å². The molecular formula is C26H26N6O2. The molecule has 0 bridgehead atoms. The van der Waals surface area contributed by atoms with E-state index in [4.69, 9.17) is 4.74 Å². The largest absolute Gasteiger partial charge is 0.439 e. The summed E-state index contributed by atoms with van der Waals surface area (Å²) in [5.74, 6) is 1.59. The van der Waals surface area contributed by atoms with Crippen molar-refractivity contribution in [3.05, 3.63) is 85.0 Å². The highest BCUT2D eigenvalue weighted by molar-refractivity contribution is 5.99. The summed E-state index contributed by atoms with van der Waals surface area (Å²) in [6.07, 6.45) is 10.9. The van der Waals surface area contributed by atoms with Gasteiger partial charge in [0.05, 0.1) is 12.4 Å². The first kappa shape index (κ1) is 21.7. The maximum atomic E-state index is 12.2. The number of carbonyl (C=O) groups is 1. The Morgan fingerprint density at radius 2 is 2.06 bits per heavy atom. The zero-order valence-electron chi connectivity index (χ0n) is 18.9. The first-order chi connectivity index (χ1) is 16.7. The highest BCUT2D eigenvalue weighted by Crippen LogP contribution is 2.28. The number of nitrogens with zero attached hydrogens (tertiary/aromatic N) is 3. The van der Waals surface area contributed by atoms with Crippen molar-refractivity contribution in [2.75, 3.05) is 17.2 Å². The Bertz CT molecular complexity index is 1340. The third kappa shape index (κ3) is 5.24. The summed E-state index contributed by atoms with van der Waals surface area (Å²) >= 11 is 0. The summed E-state index contributed by atoms with van der Waals surface area (Å²) < 4.78 is 7.91. The van der Waals surface area contributed by atoms with Gasteiger partial charge in [-0.2, -0.15) is 0 Å². The molecular weight excluding hydrogens is 428 g/mol. The monoisotopic (exact) mass is 454 g/mol. The van der Waals surface area contributed by atoms with E-state index in [0.717, 1.165) is 16.8 Å². The van der Waals surface area contributed by atoms with Crippen LogP contribution in [0.1, 0.15) is 18.4 Å². The van der Waals surface area contributed by atoms with Gasteiger partial charge in [-0.05, 0) is 43.5 Å². The highest BCUT2D eigenvalue weighted by Gasteiger charge is 2.19. The van der Waals surface area contributed by atoms with Crippen molar-refractivity contribution in [3.63, 3.8) is 0 Å². The number of fused-ring (bicyclic) bond motifs is 1. The number of nitrogens with one attached hydrogen (secondary N) is 3. The number of benzene rings is 2. The fraction of sp³-hybridized carbons (Fsp3) is 0.192. The SMILES string of the molecule is Cc1ccccc1Nc1ncc(Oc2cccc(NC(=O)/C=C/CNC3CC3)c2)n2cncc12. The Labute approximate surface area is 197 Å². The fourth-order valence-corrected chi connectivity index (χ4v) is 3.54. The van der Waals surface area contributed by atoms with Crippen LogP contribution in [0.2, 0.25) is 0 Å². The van der Waals surface area contributed by atoms with Gasteiger partial charge in [0.15, 0.2) is 5.82 Å². The molecule has 0 saturated heterocycles. The maximum Gasteiger partial charge on any atom is 0.248 e. The second-order valence-corrected chi connectivity index (χ2v) is 8.24. The first-order valence-electron chi connectivity index (χ1n) is 11.3. The lowest BCUT2D eigenvalue weighted by atomic mass is 10.2. The number of aromatic nitrogens is 3. The predicted molar refractivity (Wildman–Crippen MR) is 133 cm³/mol. The van der Waals surface area contributed by atoms with E-state index >= 15 is 0 Å². The first-order valence-corrected chi connectivity index (χ1v) is 11.3. The molecule has 1 amide bonds. The van der Waals surface area contributed by atoms with E-state index in [1.165, 1.54) is 12.8 Å². The molecule has 2 aromatic carbocycles. The minimum Gasteiger partial charge on any atom is -0.439 e. The molecule has 2 heterocycles. The van der Waals surface area contributed by atoms with Gasteiger partial charge in [-0.25, -0.2) is 9.97 Å². The lowest BCUT2D eigenvalue weighted by Gasteiger charge is -2.13. The van der Waals surface area contributed by atoms with Crippen LogP contribution in [0.15, 0.2) is 79.4 Å². The van der Waals surface area contributed by atoms with Crippen molar-refractivity contribution < 1.29 is 9.53 Å². The number of hydrogen-bond donors (Lipinski definition) is 3. The van der Waals surface area contributed by atoms with Gasteiger partial charge in [0.25, 0.3) is 0 Å². The van der Waals surface area contributed by atoms with Gasteiger partial charge in [0, 0.05) is 36.1 Å². The second kappa shape index (κ2) is 9.76. The van der Waals surface area contributed by atoms with Gasteiger partial charge in [0.1, 0.15) is 17.6 Å². The molecule has 2 aromatic heterocycles. The molecule has 8 heteroatoms. The van der Waals surface area contributed by atoms with E-state index < -0.39 is 0 Å². The fourth-order valence-electron chi connectivity index (χ4n) is 3.54. The van der Waals surface area contributed by atoms with Crippen LogP contribution in [-0.4, -0.2) is 32.9 Å². The van der Waals surface area contributed by atoms with Gasteiger partial charge in [-0.1, -0.05) is 30.3 Å². The lowest BCUT2D eigenvalue weighted by molar-refractivity contribution is -0.111. The van der Waals surface area contributed by atoms with Gasteiger partial charge < -0.3 is 20.7 Å². The predicted octanol–water partition coefficient (Wildman–Crippen LogP) is 4.82. The topological polar surface area (TPSA) is 92.6 Å². The molecule has 1 aliphatic rings. The molecule has 4 aromatic rings. The van der Waals surface area contributed by atoms with Crippen LogP contribution < -0.4 is 20.7 Å². The van der Waals surface area contributed by atoms with Crippen molar-refractivity contribution in [2.24, 2.45) is 0 Å². The lowest BCUT2D eigenvalue weighted by Crippen LogP contribution is -2.16. The quantitative estimate of drug-likeness (QED) is 0.314. The van der Waals surface area contributed by atoms with E-state index in [1.807, 2.05) is 59.9 Å². The van der Waals surface area contributed by atoms with E-state index in [9.17, 15) is 4.79 Å². The molecule has 172 valence electrons. The molecule has 3 N–H and O–H groups in total. The van der Waals surface area contributed by atoms with Crippen LogP contribution in [-0.2, 0) is 4.79 Å². The minimum absolute atomic E-state index is 0.181. The van der Waals surface area contributed by atoms with Crippen LogP contribution >= 0.6 is 0 Å². The van der Waals surface area contributed by atoms with Gasteiger partial charge in [-0.15, -0.1) is 0 Å². The van der Waals surface area contributed by atoms with E-state index in [-0.39, 0.29) is 5.91 Å². The Morgan fingerprint density at radius 1 is 1.18 bits per heavy atom. The Hall–Kier alpha value is -4.17. The number of ether oxygens (including phenoxy) is 1. The zero-order chi connectivity index (χ0) is 23.3. The second-order valence-electron chi connectivity index (χ2n) is 8.24. The summed E-state index contributed by atoms with van der Waals surface area (Å²) in [4.78, 5) is 21.0. The summed E-state index contributed by atoms with van der Waals surface area (Å²) in [5.41, 5.74) is 3.54. The van der Waals surface area contributed by atoms with E-state index in [0.29, 0.717) is 35.7 Å². The molecule has 5 rings (SSSR count). The summed E-state index contributed by atoms with van der Waals surface area (Å²) in [7, 11) is 0. The normalized spacial score (nSPS) is 13.3. The van der Waals surface area contributed by atoms with Crippen molar-refractivity contribution in [3.8, 4) is 11.6 Å². The molecule has 1 fully saturated rings. The third-order valence-corrected chi connectivity index (χ3v) is 5.52. The van der Waals surface area contributed by atoms with Crippen LogP contribution in [0, 0.1) is 6.92 Å². The van der Waals surface area contributed by atoms with Crippen molar-refractivity contribution in [2.45, 2.75) is 25.8 Å². The molecule has 0 atom stereocenters. The Morgan fingerprint density at radius 3 is 2.91 bits per heavy atom. The number of imidazole rings is 1. The standard InChI is InChI=1S/C26H26N6O2/c1-18-6-2-3-9-22(18)31-26-23-15-27-17-32(23)25(16-29-26)34-21-8-4-7-20(14-21)30-24(33)10-5-13-28-19-11-12-19/h2-10,14-17,19,28H,11-13H2,1H3,(H,29,31)(H,30,33)/b10-5+. The molecule has 0 unspecified atom stereocenters. The van der Waals surface area contributed by atoms with Crippen molar-refractivity contribution in [1.82, 2.24) is 19.7 Å². The number of anilines is 3. The van der Waals surface area contributed by atoms with Crippen molar-refractivity contribution >= 4 is 28.6 Å². The van der Waals surface area contributed by atoms with E-state index in [2.05, 4.69) is 25.9 Å². The van der Waals surface area contributed by atoms with Crippen LogP contribution in [0.3, 0.4) is 0 Å². The number of para-hydroxylation sites is 1. The summed E-state index contributed by atoms with van der Waals surface area (Å²) in [6, 6.07) is 15.9. The Balaban J connectivity index is 1.28. The highest BCUT2D eigenvalue weighted by atomic mass is 16.5. The maximum absolute atomic E-state index is 12.2. The average Bonchev–Trinajstić information content (AvgIpc) is 3.52. The van der Waals surface area contributed by atoms with Gasteiger partial charge in [0.2, 0.25) is 11.8 Å². The number of rotatable bonds is 9. The van der Waals surface area contributed by atoms with Gasteiger partial charge >= 0.3 is 0 Å². The molecule has 0 spiro atoms. The number of aryl methyl sites for hydroxylation is 1. The molecule has 0 radical (unpaired) electrons. The van der Waals surface area contributed by atoms with Gasteiger partial charge in [-0.3, -0.25) is 9.20 Å². The Kier molecular flexibility index (Phi) is 6.22. The molecule has 34 heavy (non-hydrogen) atoms. The number of carbonyl (C=O) groups excluding carboxylic acids is 1. The third-order valence-electron chi connectivity index (χ3n) is 5.52. The zero-order valence-corrected chi connectivity index (χ0v) is 18.9. The molecule has 0 aliphatic heterocycles. The number of amides is 1. The molecule has 1 aliphatic carbocycles. The summed E-state index contributed by atoms with van der Waals surface area (Å²) in [6.45, 7) is 2.74. The van der Waals surface area contributed by atoms with Crippen LogP contribution in [0.5, 0.6) is 11.6 Å². The average molecular weight is 455 g/mol. The summed E-state index contributed by atoms with van der Waals surface area (Å²) in [5, 5.41) is 9.58. The molecule has 1 saturated carbocycles. The van der Waals surface area contributed by atoms with Crippen LogP contribution in [0.4, 0.5) is 17.2 Å². The van der Waals surface area contributed by atoms with Crippen LogP contribution in [0.25, 0.3) is 5.52 Å². The minimum atomic E-state index is -0.181. The number of hydrogen-bond acceptors (Lipinski definition) is 6. The smallest absolute Gasteiger partial charge is 0.248 e. The van der Waals surface area contributed by atoms with Crippen molar-refractivity contribution in [1.29, 1.82) is 0 Å².